The summed E-state index contributed by atoms with van der Waals surface area (Å²) in [5, 5.41) is 4.29. The first kappa shape index (κ1) is 15.8. The van der Waals surface area contributed by atoms with Crippen LogP contribution in [0.1, 0.15) is 5.82 Å². The number of aromatic nitrogens is 4. The van der Waals surface area contributed by atoms with Crippen LogP contribution in [0.5, 0.6) is 0 Å². The van der Waals surface area contributed by atoms with Gasteiger partial charge in [-0.3, -0.25) is 4.79 Å². The van der Waals surface area contributed by atoms with Gasteiger partial charge >= 0.3 is 0 Å². The molecule has 0 saturated carbocycles. The van der Waals surface area contributed by atoms with Crippen molar-refractivity contribution in [3.63, 3.8) is 0 Å². The third-order valence-electron chi connectivity index (χ3n) is 2.94. The standard InChI is InChI=1S/C15H12BrN5OS/c1-9-17-6-12-14(20-9)18-8-19-15(12)23-7-13(22)21-11-4-2-10(16)3-5-11/h2-6,8H,7H2,1H3,(H,21,22). The Kier molecular flexibility index (Phi) is 4.82. The minimum Gasteiger partial charge on any atom is -0.325 e. The summed E-state index contributed by atoms with van der Waals surface area (Å²) >= 11 is 4.69. The van der Waals surface area contributed by atoms with Crippen LogP contribution < -0.4 is 5.32 Å². The second-order valence-corrected chi connectivity index (χ2v) is 6.56. The van der Waals surface area contributed by atoms with Gasteiger partial charge in [0.05, 0.1) is 11.1 Å². The molecule has 3 aromatic rings. The quantitative estimate of drug-likeness (QED) is 0.544. The highest BCUT2D eigenvalue weighted by molar-refractivity contribution is 9.10. The van der Waals surface area contributed by atoms with Gasteiger partial charge in [0.2, 0.25) is 5.91 Å². The lowest BCUT2D eigenvalue weighted by molar-refractivity contribution is -0.113. The smallest absolute Gasteiger partial charge is 0.234 e. The number of rotatable bonds is 4. The molecule has 0 aliphatic heterocycles. The summed E-state index contributed by atoms with van der Waals surface area (Å²) in [6.07, 6.45) is 3.14. The number of nitrogens with zero attached hydrogens (tertiary/aromatic N) is 4. The number of nitrogens with one attached hydrogen (secondary N) is 1. The number of aryl methyl sites for hydroxylation is 1. The first-order valence-corrected chi connectivity index (χ1v) is 8.52. The number of anilines is 1. The van der Waals surface area contributed by atoms with Crippen LogP contribution in [0.4, 0.5) is 5.69 Å². The van der Waals surface area contributed by atoms with E-state index in [2.05, 4.69) is 41.2 Å². The van der Waals surface area contributed by atoms with Crippen LogP contribution in [0.2, 0.25) is 0 Å². The Bertz CT molecular complexity index is 856. The number of amides is 1. The molecule has 0 fully saturated rings. The van der Waals surface area contributed by atoms with Crippen LogP contribution in [0.3, 0.4) is 0 Å². The van der Waals surface area contributed by atoms with Crippen molar-refractivity contribution in [1.82, 2.24) is 19.9 Å². The van der Waals surface area contributed by atoms with Gasteiger partial charge in [-0.15, -0.1) is 0 Å². The molecule has 3 rings (SSSR count). The number of hydrogen-bond donors (Lipinski definition) is 1. The van der Waals surface area contributed by atoms with Crippen LogP contribution in [0.15, 0.2) is 46.3 Å². The number of benzene rings is 1. The van der Waals surface area contributed by atoms with Crippen molar-refractivity contribution < 1.29 is 4.79 Å². The average Bonchev–Trinajstić information content (AvgIpc) is 2.54. The summed E-state index contributed by atoms with van der Waals surface area (Å²) in [6.45, 7) is 1.81. The van der Waals surface area contributed by atoms with Crippen molar-refractivity contribution in [3.05, 3.63) is 47.1 Å². The highest BCUT2D eigenvalue weighted by Gasteiger charge is 2.09. The van der Waals surface area contributed by atoms with Gasteiger partial charge in [0, 0.05) is 16.4 Å². The van der Waals surface area contributed by atoms with Crippen LogP contribution in [-0.4, -0.2) is 31.6 Å². The topological polar surface area (TPSA) is 80.7 Å². The van der Waals surface area contributed by atoms with Crippen LogP contribution in [0, 0.1) is 6.92 Å². The molecule has 0 unspecified atom stereocenters. The molecule has 23 heavy (non-hydrogen) atoms. The lowest BCUT2D eigenvalue weighted by Crippen LogP contribution is -2.14. The molecule has 1 N–H and O–H groups in total. The van der Waals surface area contributed by atoms with Crippen molar-refractivity contribution in [3.8, 4) is 0 Å². The van der Waals surface area contributed by atoms with E-state index in [1.54, 1.807) is 13.1 Å². The molecule has 0 saturated heterocycles. The van der Waals surface area contributed by atoms with E-state index >= 15 is 0 Å². The number of thioether (sulfide) groups is 1. The highest BCUT2D eigenvalue weighted by Crippen LogP contribution is 2.23. The first-order valence-electron chi connectivity index (χ1n) is 6.74. The maximum Gasteiger partial charge on any atom is 0.234 e. The lowest BCUT2D eigenvalue weighted by atomic mass is 10.3. The van der Waals surface area contributed by atoms with Gasteiger partial charge in [0.15, 0.2) is 5.65 Å². The molecule has 116 valence electrons. The predicted octanol–water partition coefficient (Wildman–Crippen LogP) is 3.22. The monoisotopic (exact) mass is 389 g/mol. The molecular formula is C15H12BrN5OS. The Morgan fingerprint density at radius 3 is 2.78 bits per heavy atom. The summed E-state index contributed by atoms with van der Waals surface area (Å²) in [5.41, 5.74) is 1.34. The third-order valence-corrected chi connectivity index (χ3v) is 4.48. The van der Waals surface area contributed by atoms with E-state index in [1.807, 2.05) is 24.3 Å². The van der Waals surface area contributed by atoms with Crippen molar-refractivity contribution in [1.29, 1.82) is 0 Å². The predicted molar refractivity (Wildman–Crippen MR) is 93.4 cm³/mol. The molecule has 0 aliphatic rings. The summed E-state index contributed by atoms with van der Waals surface area (Å²) in [5.74, 6) is 0.799. The number of carbonyl (C=O) groups excluding carboxylic acids is 1. The Morgan fingerprint density at radius 2 is 2.00 bits per heavy atom. The molecule has 0 atom stereocenters. The second-order valence-electron chi connectivity index (χ2n) is 4.68. The molecular weight excluding hydrogens is 378 g/mol. The summed E-state index contributed by atoms with van der Waals surface area (Å²) in [4.78, 5) is 28.8. The van der Waals surface area contributed by atoms with E-state index in [4.69, 9.17) is 0 Å². The SMILES string of the molecule is Cc1ncc2c(SCC(=O)Nc3ccc(Br)cc3)ncnc2n1. The van der Waals surface area contributed by atoms with E-state index < -0.39 is 0 Å². The second kappa shape index (κ2) is 7.01. The molecule has 2 aromatic heterocycles. The van der Waals surface area contributed by atoms with Crippen molar-refractivity contribution in [2.45, 2.75) is 11.9 Å². The highest BCUT2D eigenvalue weighted by atomic mass is 79.9. The summed E-state index contributed by atoms with van der Waals surface area (Å²) in [7, 11) is 0. The largest absolute Gasteiger partial charge is 0.325 e. The van der Waals surface area contributed by atoms with Gasteiger partial charge in [-0.05, 0) is 31.2 Å². The number of halogens is 1. The minimum atomic E-state index is -0.0999. The molecule has 0 bridgehead atoms. The zero-order valence-electron chi connectivity index (χ0n) is 12.2. The van der Waals surface area contributed by atoms with Crippen molar-refractivity contribution in [2.24, 2.45) is 0 Å². The van der Waals surface area contributed by atoms with E-state index in [0.717, 1.165) is 15.5 Å². The molecule has 6 nitrogen and oxygen atoms in total. The van der Waals surface area contributed by atoms with E-state index in [1.165, 1.54) is 18.1 Å². The third kappa shape index (κ3) is 4.02. The number of carbonyl (C=O) groups is 1. The van der Waals surface area contributed by atoms with E-state index in [-0.39, 0.29) is 11.7 Å². The molecule has 1 aromatic carbocycles. The maximum absolute atomic E-state index is 12.0. The van der Waals surface area contributed by atoms with Gasteiger partial charge in [0.1, 0.15) is 17.2 Å². The van der Waals surface area contributed by atoms with E-state index in [0.29, 0.717) is 16.5 Å². The fraction of sp³-hybridized carbons (Fsp3) is 0.133. The lowest BCUT2D eigenvalue weighted by Gasteiger charge is -2.06. The van der Waals surface area contributed by atoms with Crippen LogP contribution >= 0.6 is 27.7 Å². The molecule has 0 radical (unpaired) electrons. The van der Waals surface area contributed by atoms with Gasteiger partial charge < -0.3 is 5.32 Å². The molecule has 1 amide bonds. The zero-order valence-corrected chi connectivity index (χ0v) is 14.6. The number of hydrogen-bond acceptors (Lipinski definition) is 6. The zero-order chi connectivity index (χ0) is 16.2. The fourth-order valence-electron chi connectivity index (χ4n) is 1.89. The first-order chi connectivity index (χ1) is 11.1. The minimum absolute atomic E-state index is 0.0999. The number of fused-ring (bicyclic) bond motifs is 1. The van der Waals surface area contributed by atoms with Crippen molar-refractivity contribution >= 4 is 50.3 Å². The maximum atomic E-state index is 12.0. The van der Waals surface area contributed by atoms with Crippen LogP contribution in [-0.2, 0) is 4.79 Å². The van der Waals surface area contributed by atoms with E-state index in [9.17, 15) is 4.79 Å². The molecule has 2 heterocycles. The molecule has 0 aliphatic carbocycles. The van der Waals surface area contributed by atoms with Crippen LogP contribution in [0.25, 0.3) is 11.0 Å². The molecule has 0 spiro atoms. The van der Waals surface area contributed by atoms with Crippen molar-refractivity contribution in [2.75, 3.05) is 11.1 Å². The Hall–Kier alpha value is -2.06. The summed E-state index contributed by atoms with van der Waals surface area (Å²) in [6, 6.07) is 7.42. The Labute approximate surface area is 145 Å². The fourth-order valence-corrected chi connectivity index (χ4v) is 2.92. The van der Waals surface area contributed by atoms with Gasteiger partial charge in [-0.1, -0.05) is 27.7 Å². The van der Waals surface area contributed by atoms with Gasteiger partial charge in [0.25, 0.3) is 0 Å². The van der Waals surface area contributed by atoms with Gasteiger partial charge in [-0.2, -0.15) is 0 Å². The molecule has 8 heteroatoms. The normalized spacial score (nSPS) is 10.7. The summed E-state index contributed by atoms with van der Waals surface area (Å²) < 4.78 is 0.965. The van der Waals surface area contributed by atoms with Gasteiger partial charge in [-0.25, -0.2) is 19.9 Å². The average molecular weight is 390 g/mol. The Morgan fingerprint density at radius 1 is 1.22 bits per heavy atom. The Balaban J connectivity index is 1.68.